The van der Waals surface area contributed by atoms with Crippen LogP contribution in [-0.2, 0) is 6.54 Å². The van der Waals surface area contributed by atoms with Gasteiger partial charge in [-0.05, 0) is 27.7 Å². The highest BCUT2D eigenvalue weighted by molar-refractivity contribution is 5.74. The van der Waals surface area contributed by atoms with Gasteiger partial charge in [-0.2, -0.15) is 5.10 Å². The Morgan fingerprint density at radius 3 is 2.48 bits per heavy atom. The number of carbonyl (C=O) groups is 1. The Bertz CT molecular complexity index is 556. The fourth-order valence-electron chi connectivity index (χ4n) is 3.05. The Labute approximate surface area is 139 Å². The first-order chi connectivity index (χ1) is 10.9. The molecular formula is C17H29N5O. The van der Waals surface area contributed by atoms with E-state index < -0.39 is 0 Å². The molecule has 1 N–H and O–H groups in total. The molecule has 0 saturated carbocycles. The monoisotopic (exact) mass is 319 g/mol. The number of hydrogen-bond donors (Lipinski definition) is 1. The van der Waals surface area contributed by atoms with Crippen LogP contribution in [0, 0.1) is 13.8 Å². The lowest BCUT2D eigenvalue weighted by atomic mass is 10.2. The summed E-state index contributed by atoms with van der Waals surface area (Å²) in [7, 11) is 0. The molecule has 2 heterocycles. The minimum absolute atomic E-state index is 0.0133. The summed E-state index contributed by atoms with van der Waals surface area (Å²) in [5.41, 5.74) is 3.25. The standard InChI is InChI=1S/C17H29N5O/c1-6-7-20-8-10-21(11-9-20)17(23)18-12-16-14(4)19-22(13(2)3)15(16)5/h6,13H,1,7-12H2,2-5H3,(H,18,23). The maximum absolute atomic E-state index is 12.3. The van der Waals surface area contributed by atoms with Crippen molar-refractivity contribution in [3.8, 4) is 0 Å². The number of aryl methyl sites for hydroxylation is 1. The average molecular weight is 319 g/mol. The summed E-state index contributed by atoms with van der Waals surface area (Å²) in [4.78, 5) is 16.5. The van der Waals surface area contributed by atoms with Gasteiger partial charge in [0.2, 0.25) is 0 Å². The third-order valence-corrected chi connectivity index (χ3v) is 4.43. The quantitative estimate of drug-likeness (QED) is 0.846. The Hall–Kier alpha value is -1.82. The van der Waals surface area contributed by atoms with Crippen molar-refractivity contribution in [1.29, 1.82) is 0 Å². The first-order valence-corrected chi connectivity index (χ1v) is 8.34. The molecule has 1 aliphatic rings. The lowest BCUT2D eigenvalue weighted by Crippen LogP contribution is -2.51. The molecule has 0 radical (unpaired) electrons. The number of aromatic nitrogens is 2. The van der Waals surface area contributed by atoms with Gasteiger partial charge in [-0.1, -0.05) is 6.08 Å². The molecule has 1 aliphatic heterocycles. The van der Waals surface area contributed by atoms with Gasteiger partial charge in [-0.15, -0.1) is 6.58 Å². The van der Waals surface area contributed by atoms with Gasteiger partial charge in [0.15, 0.2) is 0 Å². The molecule has 0 atom stereocenters. The molecule has 6 heteroatoms. The van der Waals surface area contributed by atoms with Crippen molar-refractivity contribution in [3.63, 3.8) is 0 Å². The summed E-state index contributed by atoms with van der Waals surface area (Å²) < 4.78 is 2.02. The van der Waals surface area contributed by atoms with E-state index >= 15 is 0 Å². The zero-order valence-corrected chi connectivity index (χ0v) is 14.8. The lowest BCUT2D eigenvalue weighted by Gasteiger charge is -2.34. The molecular weight excluding hydrogens is 290 g/mol. The molecule has 23 heavy (non-hydrogen) atoms. The number of nitrogens with zero attached hydrogens (tertiary/aromatic N) is 4. The normalized spacial score (nSPS) is 16.0. The predicted molar refractivity (Wildman–Crippen MR) is 92.5 cm³/mol. The zero-order chi connectivity index (χ0) is 17.0. The minimum atomic E-state index is 0.0133. The summed E-state index contributed by atoms with van der Waals surface area (Å²) in [5.74, 6) is 0. The number of urea groups is 1. The van der Waals surface area contributed by atoms with E-state index in [4.69, 9.17) is 0 Å². The van der Waals surface area contributed by atoms with E-state index in [0.29, 0.717) is 12.6 Å². The lowest BCUT2D eigenvalue weighted by molar-refractivity contribution is 0.146. The number of carbonyl (C=O) groups excluding carboxylic acids is 1. The van der Waals surface area contributed by atoms with Gasteiger partial charge >= 0.3 is 6.03 Å². The number of piperazine rings is 1. The van der Waals surface area contributed by atoms with Crippen molar-refractivity contribution in [2.45, 2.75) is 40.3 Å². The van der Waals surface area contributed by atoms with E-state index in [1.54, 1.807) is 0 Å². The second kappa shape index (κ2) is 7.64. The maximum Gasteiger partial charge on any atom is 0.317 e. The third-order valence-electron chi connectivity index (χ3n) is 4.43. The highest BCUT2D eigenvalue weighted by Crippen LogP contribution is 2.17. The Morgan fingerprint density at radius 2 is 1.96 bits per heavy atom. The molecule has 0 unspecified atom stereocenters. The Balaban J connectivity index is 1.89. The van der Waals surface area contributed by atoms with Gasteiger partial charge in [0.05, 0.1) is 5.69 Å². The Morgan fingerprint density at radius 1 is 1.30 bits per heavy atom. The van der Waals surface area contributed by atoms with E-state index in [1.165, 1.54) is 0 Å². The largest absolute Gasteiger partial charge is 0.334 e. The van der Waals surface area contributed by atoms with Crippen molar-refractivity contribution in [2.75, 3.05) is 32.7 Å². The van der Waals surface area contributed by atoms with Crippen LogP contribution in [0.15, 0.2) is 12.7 Å². The highest BCUT2D eigenvalue weighted by atomic mass is 16.2. The SMILES string of the molecule is C=CCN1CCN(C(=O)NCc2c(C)nn(C(C)C)c2C)CC1. The van der Waals surface area contributed by atoms with E-state index in [2.05, 4.69) is 42.7 Å². The summed E-state index contributed by atoms with van der Waals surface area (Å²) in [5, 5.41) is 7.61. The molecule has 0 bridgehead atoms. The number of rotatable bonds is 5. The topological polar surface area (TPSA) is 53.4 Å². The minimum Gasteiger partial charge on any atom is -0.334 e. The fraction of sp³-hybridized carbons (Fsp3) is 0.647. The van der Waals surface area contributed by atoms with Gasteiger partial charge in [-0.25, -0.2) is 4.79 Å². The maximum atomic E-state index is 12.3. The van der Waals surface area contributed by atoms with Crippen LogP contribution in [-0.4, -0.2) is 58.3 Å². The second-order valence-electron chi connectivity index (χ2n) is 6.42. The summed E-state index contributed by atoms with van der Waals surface area (Å²) in [6.45, 7) is 16.8. The molecule has 6 nitrogen and oxygen atoms in total. The predicted octanol–water partition coefficient (Wildman–Crippen LogP) is 2.09. The van der Waals surface area contributed by atoms with Crippen LogP contribution >= 0.6 is 0 Å². The van der Waals surface area contributed by atoms with Crippen LogP contribution in [0.25, 0.3) is 0 Å². The molecule has 0 spiro atoms. The van der Waals surface area contributed by atoms with Crippen LogP contribution in [0.2, 0.25) is 0 Å². The molecule has 2 rings (SSSR count). The average Bonchev–Trinajstić information content (AvgIpc) is 2.81. The van der Waals surface area contributed by atoms with Crippen LogP contribution < -0.4 is 5.32 Å². The van der Waals surface area contributed by atoms with Gasteiger partial charge in [0, 0.05) is 56.6 Å². The first-order valence-electron chi connectivity index (χ1n) is 8.34. The molecule has 0 aromatic carbocycles. The van der Waals surface area contributed by atoms with Crippen molar-refractivity contribution in [1.82, 2.24) is 24.9 Å². The summed E-state index contributed by atoms with van der Waals surface area (Å²) in [6.07, 6.45) is 1.91. The Kier molecular flexibility index (Phi) is 5.82. The van der Waals surface area contributed by atoms with Gasteiger partial charge < -0.3 is 10.2 Å². The molecule has 1 fully saturated rings. The van der Waals surface area contributed by atoms with Gasteiger partial charge in [0.25, 0.3) is 0 Å². The molecule has 1 aromatic heterocycles. The van der Waals surface area contributed by atoms with E-state index in [9.17, 15) is 4.79 Å². The van der Waals surface area contributed by atoms with Crippen LogP contribution in [0.4, 0.5) is 4.79 Å². The third kappa shape index (κ3) is 4.13. The molecule has 128 valence electrons. The van der Waals surface area contributed by atoms with E-state index in [-0.39, 0.29) is 6.03 Å². The zero-order valence-electron chi connectivity index (χ0n) is 14.8. The summed E-state index contributed by atoms with van der Waals surface area (Å²) in [6, 6.07) is 0.343. The number of nitrogens with one attached hydrogen (secondary N) is 1. The molecule has 2 amide bonds. The van der Waals surface area contributed by atoms with Crippen LogP contribution in [0.1, 0.15) is 36.8 Å². The molecule has 1 aromatic rings. The van der Waals surface area contributed by atoms with Crippen LogP contribution in [0.3, 0.4) is 0 Å². The van der Waals surface area contributed by atoms with E-state index in [0.717, 1.165) is 49.7 Å². The van der Waals surface area contributed by atoms with Crippen LogP contribution in [0.5, 0.6) is 0 Å². The number of amides is 2. The van der Waals surface area contributed by atoms with Crippen molar-refractivity contribution < 1.29 is 4.79 Å². The fourth-order valence-corrected chi connectivity index (χ4v) is 3.05. The smallest absolute Gasteiger partial charge is 0.317 e. The summed E-state index contributed by atoms with van der Waals surface area (Å²) >= 11 is 0. The second-order valence-corrected chi connectivity index (χ2v) is 6.42. The van der Waals surface area contributed by atoms with Crippen molar-refractivity contribution >= 4 is 6.03 Å². The van der Waals surface area contributed by atoms with Crippen molar-refractivity contribution in [2.24, 2.45) is 0 Å². The van der Waals surface area contributed by atoms with Gasteiger partial charge in [-0.3, -0.25) is 9.58 Å². The van der Waals surface area contributed by atoms with Crippen molar-refractivity contribution in [3.05, 3.63) is 29.6 Å². The van der Waals surface area contributed by atoms with Gasteiger partial charge in [0.1, 0.15) is 0 Å². The first kappa shape index (κ1) is 17.5. The highest BCUT2D eigenvalue weighted by Gasteiger charge is 2.21. The molecule has 1 saturated heterocycles. The van der Waals surface area contributed by atoms with E-state index in [1.807, 2.05) is 22.6 Å². The number of hydrogen-bond acceptors (Lipinski definition) is 3. The molecule has 0 aliphatic carbocycles.